The first-order valence-electron chi connectivity index (χ1n) is 10.7. The van der Waals surface area contributed by atoms with Gasteiger partial charge in [-0.3, -0.25) is 25.6 Å². The van der Waals surface area contributed by atoms with Crippen LogP contribution < -0.4 is 45.5 Å². The molecular weight excluding hydrogens is 561 g/mol. The minimum atomic E-state index is -1.52. The van der Waals surface area contributed by atoms with Crippen LogP contribution in [-0.2, 0) is 14.3 Å². The van der Waals surface area contributed by atoms with Gasteiger partial charge >= 0.3 is 24.8 Å². The van der Waals surface area contributed by atoms with Crippen LogP contribution in [0.5, 0.6) is 0 Å². The van der Waals surface area contributed by atoms with Gasteiger partial charge in [0.05, 0.1) is 30.7 Å². The van der Waals surface area contributed by atoms with Crippen molar-refractivity contribution in [1.29, 1.82) is 0 Å². The first-order chi connectivity index (χ1) is 17.7. The van der Waals surface area contributed by atoms with Gasteiger partial charge in [-0.25, -0.2) is 4.79 Å². The number of H-pyrrole nitrogens is 2. The molecule has 2 aromatic carbocycles. The molecule has 1 aliphatic heterocycles. The average molecular weight is 582 g/mol. The van der Waals surface area contributed by atoms with Gasteiger partial charge in [-0.15, -0.1) is 0 Å². The molecule has 3 aromatic rings. The number of hydrogen-bond donors (Lipinski definition) is 6. The summed E-state index contributed by atoms with van der Waals surface area (Å²) in [4.78, 5) is 25.9. The number of nitrogens with one attached hydrogen (secondary N) is 6. The molecule has 0 aliphatic carbocycles. The molecule has 192 valence electrons. The zero-order chi connectivity index (χ0) is 26.7. The molecule has 0 saturated carbocycles. The van der Waals surface area contributed by atoms with Crippen molar-refractivity contribution in [3.8, 4) is 5.69 Å². The summed E-state index contributed by atoms with van der Waals surface area (Å²) in [6.45, 7) is 0. The summed E-state index contributed by atoms with van der Waals surface area (Å²) in [6.07, 6.45) is 0. The summed E-state index contributed by atoms with van der Waals surface area (Å²) in [5, 5.41) is 23.5. The van der Waals surface area contributed by atoms with E-state index in [0.717, 1.165) is 5.56 Å². The second kappa shape index (κ2) is 12.7. The Morgan fingerprint density at radius 3 is 2.05 bits per heavy atom. The van der Waals surface area contributed by atoms with Crippen LogP contribution >= 0.6 is 48.9 Å². The maximum Gasteiger partial charge on any atom is 1.00 e. The standard InChI is InChI=1S/C22H21N7O4S4.Li/c1-33-20(32)16(24-11-5-2-4-10(8-11)14-17(34)25-26-18(14)35)15(19(30)31)23-12-6-3-7-13(9-12)29-21(36)27-28-22(29)37;/h2-9,14-16,23-24H,1H3,(H,25,34)(H,26,35)(H,27,36)(H,28,37)(H,30,31);/q;+1/p-1. The quantitative estimate of drug-likeness (QED) is 0.101. The number of carbonyl (C=O) groups is 2. The molecule has 38 heavy (non-hydrogen) atoms. The number of anilines is 2. The number of carbonyl (C=O) groups excluding carboxylic acids is 2. The van der Waals surface area contributed by atoms with E-state index in [2.05, 4.69) is 31.7 Å². The van der Waals surface area contributed by atoms with E-state index in [0.29, 0.717) is 36.6 Å². The van der Waals surface area contributed by atoms with E-state index in [1.807, 2.05) is 6.07 Å². The van der Waals surface area contributed by atoms with Crippen molar-refractivity contribution in [2.45, 2.75) is 18.0 Å². The number of esters is 1. The van der Waals surface area contributed by atoms with Gasteiger partial charge in [0.25, 0.3) is 0 Å². The summed E-state index contributed by atoms with van der Waals surface area (Å²) in [7, 11) is 1.17. The molecule has 16 heteroatoms. The molecule has 0 spiro atoms. The Bertz CT molecular complexity index is 1460. The number of aromatic amines is 2. The van der Waals surface area contributed by atoms with Gasteiger partial charge in [-0.1, -0.05) is 42.6 Å². The van der Waals surface area contributed by atoms with Crippen LogP contribution in [0.4, 0.5) is 11.4 Å². The van der Waals surface area contributed by atoms with E-state index >= 15 is 0 Å². The molecule has 2 heterocycles. The molecule has 1 aliphatic rings. The summed E-state index contributed by atoms with van der Waals surface area (Å²) in [5.41, 5.74) is 7.81. The summed E-state index contributed by atoms with van der Waals surface area (Å²) in [6, 6.07) is 10.8. The molecule has 2 unspecified atom stereocenters. The Morgan fingerprint density at radius 1 is 0.921 bits per heavy atom. The number of hydrogen-bond acceptors (Lipinski definition) is 10. The molecule has 6 N–H and O–H groups in total. The monoisotopic (exact) mass is 581 g/mol. The topological polar surface area (TPSA) is 151 Å². The predicted octanol–water partition coefficient (Wildman–Crippen LogP) is -1.37. The SMILES string of the molecule is COC(=O)C(Nc1cccc(C2C(=S)NNC2=S)c1)C(Nc1cccc(-n2c(=S)[nH][nH]c2=S)c1)C(=O)[O-].[Li+]. The largest absolute Gasteiger partial charge is 1.00 e. The third-order valence-corrected chi connectivity index (χ3v) is 6.77. The van der Waals surface area contributed by atoms with Crippen molar-refractivity contribution in [3.05, 3.63) is 63.6 Å². The minimum absolute atomic E-state index is 0. The van der Waals surface area contributed by atoms with Crippen LogP contribution in [0.25, 0.3) is 5.69 Å². The molecule has 4 rings (SSSR count). The summed E-state index contributed by atoms with van der Waals surface area (Å²) < 4.78 is 7.13. The van der Waals surface area contributed by atoms with Crippen LogP contribution in [0.1, 0.15) is 11.5 Å². The zero-order valence-electron chi connectivity index (χ0n) is 20.1. The molecule has 0 bridgehead atoms. The third kappa shape index (κ3) is 6.32. The average Bonchev–Trinajstić information content (AvgIpc) is 3.40. The third-order valence-electron chi connectivity index (χ3n) is 5.53. The van der Waals surface area contributed by atoms with Crippen LogP contribution in [0.3, 0.4) is 0 Å². The second-order valence-electron chi connectivity index (χ2n) is 7.87. The van der Waals surface area contributed by atoms with Crippen LogP contribution in [0.2, 0.25) is 0 Å². The van der Waals surface area contributed by atoms with Crippen molar-refractivity contribution in [1.82, 2.24) is 25.6 Å². The van der Waals surface area contributed by atoms with Gasteiger partial charge in [-0.05, 0) is 60.3 Å². The number of methoxy groups -OCH3 is 1. The number of benzene rings is 2. The van der Waals surface area contributed by atoms with Gasteiger partial charge in [-0.2, -0.15) is 0 Å². The first kappa shape index (κ1) is 29.5. The second-order valence-corrected chi connectivity index (χ2v) is 9.52. The fourth-order valence-corrected chi connectivity index (χ4v) is 5.06. The molecule has 0 radical (unpaired) electrons. The number of thiocarbonyl (C=S) groups is 2. The molecular formula is C22H20LiN7O4S4. The smallest absolute Gasteiger partial charge is 0.548 e. The maximum atomic E-state index is 12.7. The van der Waals surface area contributed by atoms with Crippen molar-refractivity contribution < 1.29 is 38.3 Å². The summed E-state index contributed by atoms with van der Waals surface area (Å²) in [5.74, 6) is -2.69. The first-order valence-corrected chi connectivity index (χ1v) is 12.3. The number of ether oxygens (including phenoxy) is 1. The van der Waals surface area contributed by atoms with Crippen molar-refractivity contribution in [2.24, 2.45) is 0 Å². The number of carboxylic acid groups (broad SMARTS) is 1. The number of aromatic nitrogens is 3. The zero-order valence-corrected chi connectivity index (χ0v) is 23.3. The fraction of sp³-hybridized carbons (Fsp3) is 0.182. The number of aliphatic carboxylic acids is 1. The van der Waals surface area contributed by atoms with E-state index < -0.39 is 24.0 Å². The van der Waals surface area contributed by atoms with Crippen molar-refractivity contribution in [3.63, 3.8) is 0 Å². The number of carboxylic acids is 1. The number of nitrogens with zero attached hydrogens (tertiary/aromatic N) is 1. The maximum absolute atomic E-state index is 12.7. The number of rotatable bonds is 9. The van der Waals surface area contributed by atoms with Crippen LogP contribution in [0, 0.1) is 9.54 Å². The minimum Gasteiger partial charge on any atom is -0.548 e. The van der Waals surface area contributed by atoms with Gasteiger partial charge in [0.1, 0.15) is 9.98 Å². The van der Waals surface area contributed by atoms with Gasteiger partial charge in [0, 0.05) is 11.4 Å². The molecule has 1 saturated heterocycles. The van der Waals surface area contributed by atoms with Crippen molar-refractivity contribution >= 4 is 82.2 Å². The Hall–Kier alpha value is -3.06. The number of hydrazine groups is 1. The van der Waals surface area contributed by atoms with E-state index in [4.69, 9.17) is 53.6 Å². The van der Waals surface area contributed by atoms with Gasteiger partial charge in [0.2, 0.25) is 0 Å². The Balaban J connectivity index is 0.00000400. The molecule has 1 fully saturated rings. The van der Waals surface area contributed by atoms with Gasteiger partial charge in [0.15, 0.2) is 15.6 Å². The van der Waals surface area contributed by atoms with E-state index in [9.17, 15) is 14.7 Å². The van der Waals surface area contributed by atoms with Crippen LogP contribution in [-0.4, -0.2) is 55.9 Å². The predicted molar refractivity (Wildman–Crippen MR) is 149 cm³/mol. The molecule has 11 nitrogen and oxygen atoms in total. The Morgan fingerprint density at radius 2 is 1.47 bits per heavy atom. The van der Waals surface area contributed by atoms with E-state index in [1.165, 1.54) is 7.11 Å². The fourth-order valence-electron chi connectivity index (χ4n) is 3.82. The van der Waals surface area contributed by atoms with E-state index in [1.54, 1.807) is 47.0 Å². The Labute approximate surface area is 249 Å². The van der Waals surface area contributed by atoms with Gasteiger partial charge < -0.3 is 25.3 Å². The summed E-state index contributed by atoms with van der Waals surface area (Å²) >= 11 is 21.1. The molecule has 2 atom stereocenters. The molecule has 1 aromatic heterocycles. The molecule has 0 amide bonds. The van der Waals surface area contributed by atoms with E-state index in [-0.39, 0.29) is 24.8 Å². The van der Waals surface area contributed by atoms with Crippen molar-refractivity contribution in [2.75, 3.05) is 17.7 Å². The normalized spacial score (nSPS) is 14.4. The Kier molecular flexibility index (Phi) is 9.82. The van der Waals surface area contributed by atoms with Crippen LogP contribution in [0.15, 0.2) is 48.5 Å².